The Morgan fingerprint density at radius 2 is 1.64 bits per heavy atom. The van der Waals surface area contributed by atoms with E-state index in [-0.39, 0.29) is 18.4 Å². The zero-order valence-corrected chi connectivity index (χ0v) is 15.2. The third-order valence-corrected chi connectivity index (χ3v) is 4.32. The van der Waals surface area contributed by atoms with E-state index in [4.69, 9.17) is 4.74 Å². The highest BCUT2D eigenvalue weighted by atomic mass is 32.2. The van der Waals surface area contributed by atoms with E-state index in [1.54, 1.807) is 36.0 Å². The molecule has 2 aromatic rings. The summed E-state index contributed by atoms with van der Waals surface area (Å²) in [6.07, 6.45) is 0. The molecule has 25 heavy (non-hydrogen) atoms. The van der Waals surface area contributed by atoms with Crippen LogP contribution in [0.15, 0.2) is 48.5 Å². The van der Waals surface area contributed by atoms with Gasteiger partial charge in [0.2, 0.25) is 11.8 Å². The van der Waals surface area contributed by atoms with Crippen LogP contribution in [0.4, 0.5) is 11.4 Å². The molecule has 2 aromatic carbocycles. The van der Waals surface area contributed by atoms with Crippen LogP contribution in [0, 0.1) is 6.92 Å². The van der Waals surface area contributed by atoms with Gasteiger partial charge in [0.1, 0.15) is 6.61 Å². The van der Waals surface area contributed by atoms with Crippen molar-refractivity contribution in [3.8, 4) is 0 Å². The quantitative estimate of drug-likeness (QED) is 0.758. The van der Waals surface area contributed by atoms with Crippen LogP contribution in [0.2, 0.25) is 0 Å². The second-order valence-electron chi connectivity index (χ2n) is 5.59. The molecule has 0 radical (unpaired) electrons. The molecule has 0 saturated carbocycles. The lowest BCUT2D eigenvalue weighted by Crippen LogP contribution is -2.17. The number of ether oxygens (including phenoxy) is 1. The summed E-state index contributed by atoms with van der Waals surface area (Å²) in [6.45, 7) is 2.07. The Hall–Kier alpha value is -2.31. The Morgan fingerprint density at radius 1 is 1.00 bits per heavy atom. The van der Waals surface area contributed by atoms with Crippen molar-refractivity contribution in [2.75, 3.05) is 30.1 Å². The van der Waals surface area contributed by atoms with Gasteiger partial charge >= 0.3 is 0 Å². The lowest BCUT2D eigenvalue weighted by atomic mass is 10.2. The van der Waals surface area contributed by atoms with Crippen molar-refractivity contribution in [2.45, 2.75) is 12.7 Å². The molecule has 0 fully saturated rings. The van der Waals surface area contributed by atoms with Gasteiger partial charge in [-0.05, 0) is 36.8 Å². The maximum Gasteiger partial charge on any atom is 0.250 e. The lowest BCUT2D eigenvalue weighted by molar-refractivity contribution is -0.119. The van der Waals surface area contributed by atoms with Gasteiger partial charge in [-0.3, -0.25) is 9.59 Å². The van der Waals surface area contributed by atoms with Crippen molar-refractivity contribution in [1.29, 1.82) is 0 Å². The summed E-state index contributed by atoms with van der Waals surface area (Å²) >= 11 is 1.58. The van der Waals surface area contributed by atoms with Gasteiger partial charge in [0.15, 0.2) is 0 Å². The molecule has 0 spiro atoms. The fourth-order valence-corrected chi connectivity index (χ4v) is 3.00. The highest BCUT2D eigenvalue weighted by Gasteiger charge is 2.05. The number of rotatable bonds is 8. The average molecular weight is 358 g/mol. The van der Waals surface area contributed by atoms with Crippen molar-refractivity contribution in [2.24, 2.45) is 0 Å². The van der Waals surface area contributed by atoms with Gasteiger partial charge in [0.25, 0.3) is 0 Å². The summed E-state index contributed by atoms with van der Waals surface area (Å²) in [4.78, 5) is 23.4. The zero-order chi connectivity index (χ0) is 18.1. The third kappa shape index (κ3) is 6.99. The van der Waals surface area contributed by atoms with Gasteiger partial charge in [0.05, 0.1) is 5.75 Å². The van der Waals surface area contributed by atoms with Crippen molar-refractivity contribution < 1.29 is 14.3 Å². The third-order valence-electron chi connectivity index (χ3n) is 3.31. The summed E-state index contributed by atoms with van der Waals surface area (Å²) in [7, 11) is 1.47. The van der Waals surface area contributed by atoms with E-state index in [1.807, 2.05) is 6.07 Å². The summed E-state index contributed by atoms with van der Waals surface area (Å²) in [5, 5.41) is 5.55. The first-order valence-electron chi connectivity index (χ1n) is 7.89. The number of hydrogen-bond acceptors (Lipinski definition) is 4. The largest absolute Gasteiger partial charge is 0.375 e. The summed E-state index contributed by atoms with van der Waals surface area (Å²) in [5.74, 6) is 0.931. The number of carbonyl (C=O) groups is 2. The first-order valence-corrected chi connectivity index (χ1v) is 9.04. The van der Waals surface area contributed by atoms with Crippen LogP contribution >= 0.6 is 11.8 Å². The summed E-state index contributed by atoms with van der Waals surface area (Å²) < 4.78 is 4.76. The molecule has 0 heterocycles. The van der Waals surface area contributed by atoms with Crippen LogP contribution in [-0.4, -0.2) is 31.3 Å². The van der Waals surface area contributed by atoms with E-state index in [0.717, 1.165) is 5.75 Å². The molecule has 0 bridgehead atoms. The average Bonchev–Trinajstić information content (AvgIpc) is 2.57. The van der Waals surface area contributed by atoms with Crippen LogP contribution in [0.1, 0.15) is 11.1 Å². The Bertz CT molecular complexity index is 717. The molecule has 0 atom stereocenters. The second kappa shape index (κ2) is 9.86. The molecule has 2 amide bonds. The van der Waals surface area contributed by atoms with Gasteiger partial charge < -0.3 is 15.4 Å². The minimum absolute atomic E-state index is 0.0106. The first-order chi connectivity index (χ1) is 12.1. The highest BCUT2D eigenvalue weighted by molar-refractivity contribution is 7.99. The second-order valence-corrected chi connectivity index (χ2v) is 6.57. The van der Waals surface area contributed by atoms with Crippen LogP contribution in [-0.2, 0) is 20.1 Å². The fraction of sp³-hybridized carbons (Fsp3) is 0.263. The number of amides is 2. The number of nitrogens with one attached hydrogen (secondary N) is 2. The number of hydrogen-bond donors (Lipinski definition) is 2. The molecule has 0 aliphatic heterocycles. The molecule has 0 aromatic heterocycles. The molecular formula is C19H22N2O3S. The minimum atomic E-state index is -0.216. The predicted molar refractivity (Wildman–Crippen MR) is 103 cm³/mol. The SMILES string of the molecule is COCC(=O)Nc1ccc(NC(=O)CSCc2cccc(C)c2)cc1. The molecule has 0 aliphatic carbocycles. The van der Waals surface area contributed by atoms with Crippen LogP contribution in [0.25, 0.3) is 0 Å². The normalized spacial score (nSPS) is 10.3. The fourth-order valence-electron chi connectivity index (χ4n) is 2.23. The number of benzene rings is 2. The molecule has 2 N–H and O–H groups in total. The molecule has 0 saturated heterocycles. The molecule has 132 valence electrons. The number of carbonyl (C=O) groups excluding carboxylic acids is 2. The van der Waals surface area contributed by atoms with Crippen LogP contribution in [0.5, 0.6) is 0 Å². The van der Waals surface area contributed by atoms with E-state index < -0.39 is 0 Å². The summed E-state index contributed by atoms with van der Waals surface area (Å²) in [6, 6.07) is 15.3. The number of thioether (sulfide) groups is 1. The van der Waals surface area contributed by atoms with Crippen LogP contribution in [0.3, 0.4) is 0 Å². The summed E-state index contributed by atoms with van der Waals surface area (Å²) in [5.41, 5.74) is 3.80. The Morgan fingerprint density at radius 3 is 2.24 bits per heavy atom. The molecule has 5 nitrogen and oxygen atoms in total. The smallest absolute Gasteiger partial charge is 0.250 e. The highest BCUT2D eigenvalue weighted by Crippen LogP contribution is 2.16. The first kappa shape index (κ1) is 19.0. The maximum absolute atomic E-state index is 12.0. The van der Waals surface area contributed by atoms with Crippen molar-refractivity contribution in [1.82, 2.24) is 0 Å². The van der Waals surface area contributed by atoms with Gasteiger partial charge in [-0.25, -0.2) is 0 Å². The zero-order valence-electron chi connectivity index (χ0n) is 14.4. The van der Waals surface area contributed by atoms with Crippen LogP contribution < -0.4 is 10.6 Å². The standard InChI is InChI=1S/C19H22N2O3S/c1-14-4-3-5-15(10-14)12-25-13-19(23)21-17-8-6-16(7-9-17)20-18(22)11-24-2/h3-10H,11-13H2,1-2H3,(H,20,22)(H,21,23). The Balaban J connectivity index is 1.75. The van der Waals surface area contributed by atoms with E-state index in [2.05, 4.69) is 35.8 Å². The van der Waals surface area contributed by atoms with Gasteiger partial charge in [-0.2, -0.15) is 0 Å². The van der Waals surface area contributed by atoms with Gasteiger partial charge in [0, 0.05) is 24.2 Å². The van der Waals surface area contributed by atoms with Crippen molar-refractivity contribution in [3.05, 3.63) is 59.7 Å². The van der Waals surface area contributed by atoms with E-state index in [9.17, 15) is 9.59 Å². The molecule has 6 heteroatoms. The Labute approximate surface area is 152 Å². The van der Waals surface area contributed by atoms with E-state index >= 15 is 0 Å². The van der Waals surface area contributed by atoms with Crippen molar-refractivity contribution in [3.63, 3.8) is 0 Å². The van der Waals surface area contributed by atoms with E-state index in [1.165, 1.54) is 18.2 Å². The minimum Gasteiger partial charge on any atom is -0.375 e. The molecule has 0 unspecified atom stereocenters. The number of aryl methyl sites for hydroxylation is 1. The van der Waals surface area contributed by atoms with Crippen molar-refractivity contribution >= 4 is 35.0 Å². The molecular weight excluding hydrogens is 336 g/mol. The Kier molecular flexibility index (Phi) is 7.50. The number of methoxy groups -OCH3 is 1. The van der Waals surface area contributed by atoms with Gasteiger partial charge in [-0.1, -0.05) is 29.8 Å². The molecule has 0 aliphatic rings. The van der Waals surface area contributed by atoms with Gasteiger partial charge in [-0.15, -0.1) is 11.8 Å². The predicted octanol–water partition coefficient (Wildman–Crippen LogP) is 3.45. The lowest BCUT2D eigenvalue weighted by Gasteiger charge is -2.08. The van der Waals surface area contributed by atoms with E-state index in [0.29, 0.717) is 17.1 Å². The number of anilines is 2. The molecule has 2 rings (SSSR count). The maximum atomic E-state index is 12.0. The topological polar surface area (TPSA) is 67.4 Å². The monoisotopic (exact) mass is 358 g/mol.